The predicted molar refractivity (Wildman–Crippen MR) is 85.5 cm³/mol. The Kier molecular flexibility index (Phi) is 6.12. The summed E-state index contributed by atoms with van der Waals surface area (Å²) in [7, 11) is 1.77. The molecule has 0 saturated heterocycles. The molecule has 0 aromatic carbocycles. The van der Waals surface area contributed by atoms with E-state index in [4.69, 9.17) is 14.7 Å². The van der Waals surface area contributed by atoms with Crippen LogP contribution in [0, 0.1) is 19.8 Å². The van der Waals surface area contributed by atoms with Crippen LogP contribution >= 0.6 is 0 Å². The molecule has 0 amide bonds. The zero-order valence-electron chi connectivity index (χ0n) is 13.9. The minimum Gasteiger partial charge on any atom is -0.373 e. The summed E-state index contributed by atoms with van der Waals surface area (Å²) in [6.45, 7) is 8.57. The Morgan fingerprint density at radius 1 is 1.19 bits per heavy atom. The lowest BCUT2D eigenvalue weighted by Crippen LogP contribution is -2.17. The number of ether oxygens (including phenoxy) is 1. The van der Waals surface area contributed by atoms with Gasteiger partial charge in [-0.25, -0.2) is 9.97 Å². The largest absolute Gasteiger partial charge is 0.373 e. The molecule has 1 heterocycles. The van der Waals surface area contributed by atoms with Crippen LogP contribution in [0.3, 0.4) is 0 Å². The van der Waals surface area contributed by atoms with Gasteiger partial charge in [-0.05, 0) is 70.5 Å². The van der Waals surface area contributed by atoms with Gasteiger partial charge in [0.25, 0.3) is 0 Å². The summed E-state index contributed by atoms with van der Waals surface area (Å²) in [5.74, 6) is 1.50. The third kappa shape index (κ3) is 4.48. The Morgan fingerprint density at radius 3 is 2.38 bits per heavy atom. The molecular weight excluding hydrogens is 262 g/mol. The van der Waals surface area contributed by atoms with E-state index in [0.29, 0.717) is 5.92 Å². The molecule has 1 atom stereocenters. The molecule has 1 aromatic heterocycles. The quantitative estimate of drug-likeness (QED) is 0.710. The van der Waals surface area contributed by atoms with Crippen molar-refractivity contribution in [2.45, 2.75) is 59.0 Å². The summed E-state index contributed by atoms with van der Waals surface area (Å²) < 4.78 is 5.60. The first kappa shape index (κ1) is 16.4. The molecule has 0 aliphatic heterocycles. The Balaban J connectivity index is 1.99. The topological polar surface area (TPSA) is 47.0 Å². The van der Waals surface area contributed by atoms with Crippen molar-refractivity contribution < 1.29 is 4.74 Å². The number of aromatic nitrogens is 2. The number of hydrogen-bond donors (Lipinski definition) is 1. The number of rotatable bonds is 9. The van der Waals surface area contributed by atoms with Crippen molar-refractivity contribution in [3.63, 3.8) is 0 Å². The zero-order valence-corrected chi connectivity index (χ0v) is 13.9. The fourth-order valence-corrected chi connectivity index (χ4v) is 2.85. The second kappa shape index (κ2) is 7.85. The molecule has 1 saturated carbocycles. The lowest BCUT2D eigenvalue weighted by Gasteiger charge is -2.16. The van der Waals surface area contributed by atoms with Gasteiger partial charge in [-0.15, -0.1) is 0 Å². The molecule has 4 nitrogen and oxygen atoms in total. The fraction of sp³-hybridized carbons (Fsp3) is 0.765. The predicted octanol–water partition coefficient (Wildman–Crippen LogP) is 3.12. The van der Waals surface area contributed by atoms with Crippen molar-refractivity contribution in [2.75, 3.05) is 20.2 Å². The summed E-state index contributed by atoms with van der Waals surface area (Å²) in [4.78, 5) is 9.45. The van der Waals surface area contributed by atoms with E-state index in [0.717, 1.165) is 43.1 Å². The standard InChI is InChI=1S/C17H29N3O/c1-5-10-18-11-6-7-15-12(2)19-17(20-13(15)3)16(21-4)14-8-9-14/h14,16,18H,5-11H2,1-4H3. The third-order valence-electron chi connectivity index (χ3n) is 4.20. The molecule has 21 heavy (non-hydrogen) atoms. The molecule has 1 fully saturated rings. The number of hydrogen-bond acceptors (Lipinski definition) is 4. The molecule has 1 aliphatic carbocycles. The summed E-state index contributed by atoms with van der Waals surface area (Å²) >= 11 is 0. The number of nitrogens with zero attached hydrogens (tertiary/aromatic N) is 2. The van der Waals surface area contributed by atoms with Crippen LogP contribution in [0.15, 0.2) is 0 Å². The van der Waals surface area contributed by atoms with Crippen molar-refractivity contribution in [1.82, 2.24) is 15.3 Å². The van der Waals surface area contributed by atoms with Gasteiger partial charge < -0.3 is 10.1 Å². The van der Waals surface area contributed by atoms with Crippen LogP contribution in [-0.2, 0) is 11.2 Å². The minimum atomic E-state index is 0.0858. The van der Waals surface area contributed by atoms with Gasteiger partial charge in [0.2, 0.25) is 0 Å². The molecule has 1 unspecified atom stereocenters. The maximum absolute atomic E-state index is 5.60. The molecule has 1 aliphatic rings. The monoisotopic (exact) mass is 291 g/mol. The summed E-state index contributed by atoms with van der Waals surface area (Å²) in [6.07, 6.45) is 5.95. The third-order valence-corrected chi connectivity index (χ3v) is 4.20. The van der Waals surface area contributed by atoms with Crippen molar-refractivity contribution in [3.8, 4) is 0 Å². The first-order valence-electron chi connectivity index (χ1n) is 8.24. The zero-order chi connectivity index (χ0) is 15.2. The average molecular weight is 291 g/mol. The maximum Gasteiger partial charge on any atom is 0.157 e. The van der Waals surface area contributed by atoms with E-state index in [1.165, 1.54) is 24.8 Å². The first-order chi connectivity index (χ1) is 10.2. The average Bonchev–Trinajstić information content (AvgIpc) is 3.27. The van der Waals surface area contributed by atoms with Gasteiger partial charge in [-0.2, -0.15) is 0 Å². The number of aryl methyl sites for hydroxylation is 2. The van der Waals surface area contributed by atoms with E-state index in [1.54, 1.807) is 7.11 Å². The fourth-order valence-electron chi connectivity index (χ4n) is 2.85. The number of methoxy groups -OCH3 is 1. The van der Waals surface area contributed by atoms with Gasteiger partial charge in [0.1, 0.15) is 6.10 Å². The highest BCUT2D eigenvalue weighted by Crippen LogP contribution is 2.42. The van der Waals surface area contributed by atoms with Gasteiger partial charge in [-0.1, -0.05) is 6.92 Å². The highest BCUT2D eigenvalue weighted by Gasteiger charge is 2.34. The van der Waals surface area contributed by atoms with Crippen LogP contribution in [0.25, 0.3) is 0 Å². The molecule has 4 heteroatoms. The second-order valence-corrected chi connectivity index (χ2v) is 6.08. The van der Waals surface area contributed by atoms with Crippen molar-refractivity contribution in [1.29, 1.82) is 0 Å². The number of nitrogens with one attached hydrogen (secondary N) is 1. The van der Waals surface area contributed by atoms with Gasteiger partial charge in [0.05, 0.1) is 0 Å². The highest BCUT2D eigenvalue weighted by atomic mass is 16.5. The molecule has 2 rings (SSSR count). The molecule has 118 valence electrons. The van der Waals surface area contributed by atoms with E-state index in [1.807, 2.05) is 0 Å². The smallest absolute Gasteiger partial charge is 0.157 e. The summed E-state index contributed by atoms with van der Waals surface area (Å²) in [5.41, 5.74) is 3.55. The van der Waals surface area contributed by atoms with Crippen LogP contribution in [0.5, 0.6) is 0 Å². The van der Waals surface area contributed by atoms with Crippen LogP contribution in [0.4, 0.5) is 0 Å². The maximum atomic E-state index is 5.60. The van der Waals surface area contributed by atoms with Crippen LogP contribution in [0.2, 0.25) is 0 Å². The molecule has 1 N–H and O–H groups in total. The van der Waals surface area contributed by atoms with Crippen molar-refractivity contribution in [2.24, 2.45) is 5.92 Å². The molecule has 1 aromatic rings. The normalized spacial score (nSPS) is 16.2. The van der Waals surface area contributed by atoms with Gasteiger partial charge in [0, 0.05) is 18.5 Å². The van der Waals surface area contributed by atoms with Gasteiger partial charge in [0.15, 0.2) is 5.82 Å². The van der Waals surface area contributed by atoms with E-state index < -0.39 is 0 Å². The Bertz CT molecular complexity index is 434. The van der Waals surface area contributed by atoms with E-state index >= 15 is 0 Å². The molecular formula is C17H29N3O. The molecule has 0 radical (unpaired) electrons. The Morgan fingerprint density at radius 2 is 1.86 bits per heavy atom. The minimum absolute atomic E-state index is 0.0858. The second-order valence-electron chi connectivity index (χ2n) is 6.08. The SMILES string of the molecule is CCCNCCCc1c(C)nc(C(OC)C2CC2)nc1C. The Hall–Kier alpha value is -1.00. The van der Waals surface area contributed by atoms with E-state index in [-0.39, 0.29) is 6.10 Å². The van der Waals surface area contributed by atoms with Crippen molar-refractivity contribution >= 4 is 0 Å². The van der Waals surface area contributed by atoms with Crippen LogP contribution < -0.4 is 5.32 Å². The van der Waals surface area contributed by atoms with E-state index in [2.05, 4.69) is 26.1 Å². The lowest BCUT2D eigenvalue weighted by atomic mass is 10.1. The highest BCUT2D eigenvalue weighted by molar-refractivity contribution is 5.25. The van der Waals surface area contributed by atoms with Crippen LogP contribution in [0.1, 0.15) is 61.5 Å². The lowest BCUT2D eigenvalue weighted by molar-refractivity contribution is 0.0768. The van der Waals surface area contributed by atoms with E-state index in [9.17, 15) is 0 Å². The van der Waals surface area contributed by atoms with Crippen LogP contribution in [-0.4, -0.2) is 30.2 Å². The Labute approximate surface area is 128 Å². The van der Waals surface area contributed by atoms with Gasteiger partial charge >= 0.3 is 0 Å². The van der Waals surface area contributed by atoms with Crippen molar-refractivity contribution in [3.05, 3.63) is 22.8 Å². The molecule has 0 bridgehead atoms. The summed E-state index contributed by atoms with van der Waals surface area (Å²) in [6, 6.07) is 0. The molecule has 0 spiro atoms. The van der Waals surface area contributed by atoms with Gasteiger partial charge in [-0.3, -0.25) is 0 Å². The first-order valence-corrected chi connectivity index (χ1v) is 8.24. The summed E-state index contributed by atoms with van der Waals surface area (Å²) in [5, 5.41) is 3.45.